The number of rotatable bonds is 6. The van der Waals surface area contributed by atoms with Gasteiger partial charge in [0, 0.05) is 37.4 Å². The molecular formula is C21H26N2O2. The van der Waals surface area contributed by atoms with Crippen LogP contribution in [0.4, 0.5) is 5.69 Å². The van der Waals surface area contributed by atoms with Gasteiger partial charge in [0.05, 0.1) is 0 Å². The summed E-state index contributed by atoms with van der Waals surface area (Å²) in [6.07, 6.45) is 2.03. The van der Waals surface area contributed by atoms with E-state index in [1.807, 2.05) is 30.3 Å². The van der Waals surface area contributed by atoms with Crippen LogP contribution in [-0.4, -0.2) is 54.4 Å². The van der Waals surface area contributed by atoms with Gasteiger partial charge in [-0.2, -0.15) is 0 Å². The second-order valence-corrected chi connectivity index (χ2v) is 7.12. The Bertz CT molecular complexity index is 650. The number of aliphatic hydroxyl groups excluding tert-OH is 1. The molecule has 4 rings (SSSR count). The predicted molar refractivity (Wildman–Crippen MR) is 100 cm³/mol. The van der Waals surface area contributed by atoms with Crippen molar-refractivity contribution in [2.24, 2.45) is 0 Å². The van der Waals surface area contributed by atoms with E-state index in [2.05, 4.69) is 40.1 Å². The molecule has 25 heavy (non-hydrogen) atoms. The number of piperazine rings is 1. The van der Waals surface area contributed by atoms with Gasteiger partial charge in [-0.25, -0.2) is 0 Å². The van der Waals surface area contributed by atoms with E-state index in [-0.39, 0.29) is 0 Å². The number of hydrogen-bond donors (Lipinski definition) is 1. The van der Waals surface area contributed by atoms with E-state index in [9.17, 15) is 5.11 Å². The summed E-state index contributed by atoms with van der Waals surface area (Å²) in [6, 6.07) is 21.6. The SMILES string of the molecule is OC(COc1ccccc1)CN1C[C@H]2CC[C@@H](C1)N2c1ccccc1. The van der Waals surface area contributed by atoms with Crippen molar-refractivity contribution in [2.45, 2.75) is 31.0 Å². The number of β-amino-alcohol motifs (C(OH)–C–C–N with tert-alkyl or cyclic N) is 1. The topological polar surface area (TPSA) is 35.9 Å². The monoisotopic (exact) mass is 338 g/mol. The van der Waals surface area contributed by atoms with E-state index in [0.29, 0.717) is 25.2 Å². The lowest BCUT2D eigenvalue weighted by Gasteiger charge is -2.43. The Morgan fingerprint density at radius 3 is 2.16 bits per heavy atom. The molecule has 4 heteroatoms. The lowest BCUT2D eigenvalue weighted by Crippen LogP contribution is -2.55. The van der Waals surface area contributed by atoms with Gasteiger partial charge < -0.3 is 14.7 Å². The van der Waals surface area contributed by atoms with Crippen molar-refractivity contribution in [2.75, 3.05) is 31.1 Å². The molecule has 132 valence electrons. The average molecular weight is 338 g/mol. The van der Waals surface area contributed by atoms with Crippen molar-refractivity contribution in [3.63, 3.8) is 0 Å². The van der Waals surface area contributed by atoms with Gasteiger partial charge in [0.25, 0.3) is 0 Å². The Hall–Kier alpha value is -2.04. The molecule has 0 aliphatic carbocycles. The first-order valence-electron chi connectivity index (χ1n) is 9.21. The molecule has 0 amide bonds. The minimum atomic E-state index is -0.456. The summed E-state index contributed by atoms with van der Waals surface area (Å²) in [5, 5.41) is 10.4. The molecule has 1 N–H and O–H groups in total. The molecule has 2 heterocycles. The molecule has 1 unspecified atom stereocenters. The molecule has 3 atom stereocenters. The molecule has 2 aromatic carbocycles. The van der Waals surface area contributed by atoms with Gasteiger partial charge in [0.2, 0.25) is 0 Å². The minimum Gasteiger partial charge on any atom is -0.491 e. The zero-order chi connectivity index (χ0) is 17.1. The van der Waals surface area contributed by atoms with Crippen LogP contribution in [0.15, 0.2) is 60.7 Å². The van der Waals surface area contributed by atoms with Crippen LogP contribution in [-0.2, 0) is 0 Å². The summed E-state index contributed by atoms with van der Waals surface area (Å²) >= 11 is 0. The minimum absolute atomic E-state index is 0.345. The van der Waals surface area contributed by atoms with Gasteiger partial charge in [-0.3, -0.25) is 4.90 Å². The highest BCUT2D eigenvalue weighted by Crippen LogP contribution is 2.34. The standard InChI is InChI=1S/C21H26N2O2/c24-20(16-25-21-9-5-2-6-10-21)15-22-13-18-11-12-19(14-22)23(18)17-7-3-1-4-8-17/h1-10,18-20,24H,11-16H2/t18-,19+,20?. The molecule has 0 saturated carbocycles. The van der Waals surface area contributed by atoms with E-state index >= 15 is 0 Å². The van der Waals surface area contributed by atoms with E-state index < -0.39 is 6.10 Å². The molecule has 2 fully saturated rings. The third kappa shape index (κ3) is 3.80. The predicted octanol–water partition coefficient (Wildman–Crippen LogP) is 2.78. The molecule has 4 nitrogen and oxygen atoms in total. The van der Waals surface area contributed by atoms with E-state index in [4.69, 9.17) is 4.74 Å². The molecular weight excluding hydrogens is 312 g/mol. The Morgan fingerprint density at radius 1 is 0.920 bits per heavy atom. The highest BCUT2D eigenvalue weighted by molar-refractivity contribution is 5.50. The summed E-state index contributed by atoms with van der Waals surface area (Å²) in [6.45, 7) is 3.07. The summed E-state index contributed by atoms with van der Waals surface area (Å²) in [4.78, 5) is 4.99. The lowest BCUT2D eigenvalue weighted by molar-refractivity contribution is 0.0606. The van der Waals surface area contributed by atoms with Crippen LogP contribution in [0.5, 0.6) is 5.75 Å². The number of para-hydroxylation sites is 2. The van der Waals surface area contributed by atoms with E-state index in [1.54, 1.807) is 0 Å². The smallest absolute Gasteiger partial charge is 0.119 e. The van der Waals surface area contributed by atoms with Gasteiger partial charge in [-0.15, -0.1) is 0 Å². The number of aliphatic hydroxyl groups is 1. The second-order valence-electron chi connectivity index (χ2n) is 7.12. The van der Waals surface area contributed by atoms with Gasteiger partial charge >= 0.3 is 0 Å². The third-order valence-electron chi connectivity index (χ3n) is 5.27. The van der Waals surface area contributed by atoms with Crippen molar-refractivity contribution < 1.29 is 9.84 Å². The molecule has 0 aromatic heterocycles. The average Bonchev–Trinajstić information content (AvgIpc) is 2.92. The first kappa shape index (κ1) is 16.4. The van der Waals surface area contributed by atoms with Crippen LogP contribution in [0.3, 0.4) is 0 Å². The highest BCUT2D eigenvalue weighted by atomic mass is 16.5. The van der Waals surface area contributed by atoms with Crippen LogP contribution in [0.1, 0.15) is 12.8 Å². The number of likely N-dealkylation sites (tertiary alicyclic amines) is 1. The molecule has 0 spiro atoms. The fraction of sp³-hybridized carbons (Fsp3) is 0.429. The fourth-order valence-corrected chi connectivity index (χ4v) is 4.22. The molecule has 2 saturated heterocycles. The number of ether oxygens (including phenoxy) is 1. The van der Waals surface area contributed by atoms with Crippen LogP contribution in [0.2, 0.25) is 0 Å². The summed E-state index contributed by atoms with van der Waals surface area (Å²) in [5.74, 6) is 0.815. The normalized spacial score (nSPS) is 24.3. The molecule has 2 bridgehead atoms. The fourth-order valence-electron chi connectivity index (χ4n) is 4.22. The van der Waals surface area contributed by atoms with Crippen molar-refractivity contribution >= 4 is 5.69 Å². The first-order chi connectivity index (χ1) is 12.3. The van der Waals surface area contributed by atoms with Gasteiger partial charge in [0.15, 0.2) is 0 Å². The Kier molecular flexibility index (Phi) is 4.90. The molecule has 2 aliphatic rings. The van der Waals surface area contributed by atoms with Crippen LogP contribution < -0.4 is 9.64 Å². The number of benzene rings is 2. The molecule has 0 radical (unpaired) electrons. The van der Waals surface area contributed by atoms with Crippen molar-refractivity contribution in [3.05, 3.63) is 60.7 Å². The summed E-state index contributed by atoms with van der Waals surface area (Å²) in [7, 11) is 0. The maximum absolute atomic E-state index is 10.4. The number of nitrogens with zero attached hydrogens (tertiary/aromatic N) is 2. The lowest BCUT2D eigenvalue weighted by atomic mass is 10.1. The Labute approximate surface area is 149 Å². The first-order valence-corrected chi connectivity index (χ1v) is 9.21. The maximum Gasteiger partial charge on any atom is 0.119 e. The summed E-state index contributed by atoms with van der Waals surface area (Å²) in [5.41, 5.74) is 1.34. The number of anilines is 1. The molecule has 2 aliphatic heterocycles. The Balaban J connectivity index is 1.31. The zero-order valence-corrected chi connectivity index (χ0v) is 14.5. The van der Waals surface area contributed by atoms with Crippen molar-refractivity contribution in [1.82, 2.24) is 4.90 Å². The van der Waals surface area contributed by atoms with Crippen LogP contribution in [0.25, 0.3) is 0 Å². The van der Waals surface area contributed by atoms with Crippen molar-refractivity contribution in [3.8, 4) is 5.75 Å². The zero-order valence-electron chi connectivity index (χ0n) is 14.5. The van der Waals surface area contributed by atoms with Gasteiger partial charge in [-0.05, 0) is 37.1 Å². The van der Waals surface area contributed by atoms with Crippen LogP contribution >= 0.6 is 0 Å². The quantitative estimate of drug-likeness (QED) is 0.879. The van der Waals surface area contributed by atoms with Crippen LogP contribution in [0, 0.1) is 0 Å². The van der Waals surface area contributed by atoms with Gasteiger partial charge in [0.1, 0.15) is 18.5 Å². The van der Waals surface area contributed by atoms with E-state index in [1.165, 1.54) is 18.5 Å². The third-order valence-corrected chi connectivity index (χ3v) is 5.27. The maximum atomic E-state index is 10.4. The Morgan fingerprint density at radius 2 is 1.52 bits per heavy atom. The highest BCUT2D eigenvalue weighted by Gasteiger charge is 2.40. The van der Waals surface area contributed by atoms with E-state index in [0.717, 1.165) is 18.8 Å². The molecule has 2 aromatic rings. The van der Waals surface area contributed by atoms with Crippen molar-refractivity contribution in [1.29, 1.82) is 0 Å². The number of fused-ring (bicyclic) bond motifs is 2. The summed E-state index contributed by atoms with van der Waals surface area (Å²) < 4.78 is 5.68. The largest absolute Gasteiger partial charge is 0.491 e. The van der Waals surface area contributed by atoms with Gasteiger partial charge in [-0.1, -0.05) is 36.4 Å². The second kappa shape index (κ2) is 7.46. The number of hydrogen-bond acceptors (Lipinski definition) is 4.